The van der Waals surface area contributed by atoms with Gasteiger partial charge in [0.25, 0.3) is 0 Å². The first-order chi connectivity index (χ1) is 8.58. The van der Waals surface area contributed by atoms with Crippen molar-refractivity contribution in [1.29, 1.82) is 10.8 Å². The Morgan fingerprint density at radius 3 is 2.44 bits per heavy atom. The van der Waals surface area contributed by atoms with Gasteiger partial charge in [0, 0.05) is 16.7 Å². The van der Waals surface area contributed by atoms with E-state index in [2.05, 4.69) is 13.8 Å². The first-order valence-electron chi connectivity index (χ1n) is 6.40. The molecule has 98 valence electrons. The van der Waals surface area contributed by atoms with E-state index in [4.69, 9.17) is 22.4 Å². The van der Waals surface area contributed by atoms with Crippen molar-refractivity contribution >= 4 is 23.5 Å². The van der Waals surface area contributed by atoms with Crippen LogP contribution in [0.4, 0.5) is 0 Å². The van der Waals surface area contributed by atoms with Crippen LogP contribution in [0, 0.1) is 16.7 Å². The molecule has 0 aromatic heterocycles. The molecule has 0 bridgehead atoms. The Kier molecular flexibility index (Phi) is 6.06. The Hall–Kier alpha value is -1.15. The molecule has 0 fully saturated rings. The van der Waals surface area contributed by atoms with E-state index in [9.17, 15) is 0 Å². The van der Waals surface area contributed by atoms with Crippen molar-refractivity contribution < 1.29 is 0 Å². The van der Waals surface area contributed by atoms with Crippen LogP contribution in [-0.2, 0) is 0 Å². The van der Waals surface area contributed by atoms with E-state index in [1.807, 2.05) is 24.3 Å². The van der Waals surface area contributed by atoms with E-state index in [1.165, 1.54) is 11.8 Å². The fraction of sp³-hybridized carbons (Fsp3) is 0.467. The van der Waals surface area contributed by atoms with Crippen LogP contribution in [0.25, 0.3) is 0 Å². The van der Waals surface area contributed by atoms with Crippen LogP contribution < -0.4 is 0 Å². The Morgan fingerprint density at radius 2 is 1.94 bits per heavy atom. The second-order valence-electron chi connectivity index (χ2n) is 4.73. The summed E-state index contributed by atoms with van der Waals surface area (Å²) in [5, 5.41) is 16.2. The lowest BCUT2D eigenvalue weighted by molar-refractivity contribution is 0.595. The van der Waals surface area contributed by atoms with Crippen molar-refractivity contribution in [3.63, 3.8) is 0 Å². The molecule has 0 amide bonds. The monoisotopic (exact) mass is 264 g/mol. The fourth-order valence-electron chi connectivity index (χ4n) is 2.08. The summed E-state index contributed by atoms with van der Waals surface area (Å²) < 4.78 is 0. The topological polar surface area (TPSA) is 47.7 Å². The SMILES string of the molecule is CCCC(=N)CC(C=N)C(C)c1ccc(Cl)cc1. The van der Waals surface area contributed by atoms with Crippen molar-refractivity contribution in [3.8, 4) is 0 Å². The number of halogens is 1. The van der Waals surface area contributed by atoms with Crippen LogP contribution in [0.2, 0.25) is 5.02 Å². The average Bonchev–Trinajstić information content (AvgIpc) is 2.36. The molecule has 0 spiro atoms. The quantitative estimate of drug-likeness (QED) is 0.657. The first-order valence-corrected chi connectivity index (χ1v) is 6.78. The predicted molar refractivity (Wildman–Crippen MR) is 79.4 cm³/mol. The highest BCUT2D eigenvalue weighted by Crippen LogP contribution is 2.27. The molecule has 0 aliphatic rings. The van der Waals surface area contributed by atoms with Crippen LogP contribution in [0.5, 0.6) is 0 Å². The molecule has 0 heterocycles. The summed E-state index contributed by atoms with van der Waals surface area (Å²) in [4.78, 5) is 0. The molecule has 1 aromatic carbocycles. The van der Waals surface area contributed by atoms with Gasteiger partial charge in [-0.3, -0.25) is 0 Å². The van der Waals surface area contributed by atoms with Gasteiger partial charge in [-0.25, -0.2) is 0 Å². The molecule has 2 unspecified atom stereocenters. The second kappa shape index (κ2) is 7.32. The van der Waals surface area contributed by atoms with Gasteiger partial charge < -0.3 is 10.8 Å². The van der Waals surface area contributed by atoms with Gasteiger partial charge in [-0.1, -0.05) is 44.0 Å². The molecule has 3 heteroatoms. The Balaban J connectivity index is 2.72. The molecule has 0 aliphatic heterocycles. The maximum absolute atomic E-state index is 7.89. The van der Waals surface area contributed by atoms with Crippen LogP contribution >= 0.6 is 11.6 Å². The molecule has 2 N–H and O–H groups in total. The van der Waals surface area contributed by atoms with Crippen LogP contribution in [-0.4, -0.2) is 11.9 Å². The van der Waals surface area contributed by atoms with E-state index in [0.717, 1.165) is 23.6 Å². The van der Waals surface area contributed by atoms with Gasteiger partial charge in [0.1, 0.15) is 0 Å². The number of hydrogen-bond acceptors (Lipinski definition) is 2. The van der Waals surface area contributed by atoms with Gasteiger partial charge in [0.2, 0.25) is 0 Å². The van der Waals surface area contributed by atoms with Crippen molar-refractivity contribution in [2.24, 2.45) is 5.92 Å². The fourth-order valence-corrected chi connectivity index (χ4v) is 2.21. The largest absolute Gasteiger partial charge is 0.313 e. The van der Waals surface area contributed by atoms with E-state index in [-0.39, 0.29) is 11.8 Å². The van der Waals surface area contributed by atoms with Gasteiger partial charge in [-0.05, 0) is 42.7 Å². The zero-order valence-electron chi connectivity index (χ0n) is 11.0. The number of nitrogens with one attached hydrogen (secondary N) is 2. The highest BCUT2D eigenvalue weighted by molar-refractivity contribution is 6.30. The smallest absolute Gasteiger partial charge is 0.0406 e. The maximum atomic E-state index is 7.89. The van der Waals surface area contributed by atoms with Crippen LogP contribution in [0.1, 0.15) is 44.6 Å². The van der Waals surface area contributed by atoms with Gasteiger partial charge in [0.15, 0.2) is 0 Å². The minimum atomic E-state index is 0.102. The van der Waals surface area contributed by atoms with Crippen LogP contribution in [0.3, 0.4) is 0 Å². The number of hydrogen-bond donors (Lipinski definition) is 2. The molecule has 1 rings (SSSR count). The Morgan fingerprint density at radius 1 is 1.33 bits per heavy atom. The molecule has 0 saturated heterocycles. The van der Waals surface area contributed by atoms with Gasteiger partial charge in [-0.2, -0.15) is 0 Å². The van der Waals surface area contributed by atoms with E-state index >= 15 is 0 Å². The Labute approximate surface area is 114 Å². The van der Waals surface area contributed by atoms with Gasteiger partial charge >= 0.3 is 0 Å². The summed E-state index contributed by atoms with van der Waals surface area (Å²) in [5.41, 5.74) is 1.92. The molecule has 18 heavy (non-hydrogen) atoms. The third kappa shape index (κ3) is 4.26. The molecule has 2 atom stereocenters. The second-order valence-corrected chi connectivity index (χ2v) is 5.16. The van der Waals surface area contributed by atoms with Crippen molar-refractivity contribution in [2.75, 3.05) is 0 Å². The standard InChI is InChI=1S/C15H21ClN2/c1-3-4-15(18)9-13(10-17)11(2)12-5-7-14(16)8-6-12/h5-8,10-11,13,17-18H,3-4,9H2,1-2H3. The predicted octanol–water partition coefficient (Wildman–Crippen LogP) is 4.92. The summed E-state index contributed by atoms with van der Waals surface area (Å²) in [6, 6.07) is 7.78. The highest BCUT2D eigenvalue weighted by atomic mass is 35.5. The van der Waals surface area contributed by atoms with E-state index < -0.39 is 0 Å². The third-order valence-corrected chi connectivity index (χ3v) is 3.54. The lowest BCUT2D eigenvalue weighted by atomic mass is 9.84. The molecular formula is C15H21ClN2. The van der Waals surface area contributed by atoms with Crippen molar-refractivity contribution in [1.82, 2.24) is 0 Å². The molecule has 2 nitrogen and oxygen atoms in total. The summed E-state index contributed by atoms with van der Waals surface area (Å²) >= 11 is 5.88. The van der Waals surface area contributed by atoms with Crippen molar-refractivity contribution in [3.05, 3.63) is 34.9 Å². The molecule has 0 radical (unpaired) electrons. The summed E-state index contributed by atoms with van der Waals surface area (Å²) in [7, 11) is 0. The number of rotatable bonds is 7. The van der Waals surface area contributed by atoms with Gasteiger partial charge in [0.05, 0.1) is 0 Å². The summed E-state index contributed by atoms with van der Waals surface area (Å²) in [5.74, 6) is 0.349. The van der Waals surface area contributed by atoms with E-state index in [0.29, 0.717) is 6.42 Å². The third-order valence-electron chi connectivity index (χ3n) is 3.29. The highest BCUT2D eigenvalue weighted by Gasteiger charge is 2.18. The lowest BCUT2D eigenvalue weighted by Crippen LogP contribution is -2.15. The zero-order valence-corrected chi connectivity index (χ0v) is 11.8. The maximum Gasteiger partial charge on any atom is 0.0406 e. The van der Waals surface area contributed by atoms with Crippen molar-refractivity contribution in [2.45, 2.75) is 39.0 Å². The van der Waals surface area contributed by atoms with Gasteiger partial charge in [-0.15, -0.1) is 0 Å². The molecule has 0 saturated carbocycles. The molecule has 1 aromatic rings. The van der Waals surface area contributed by atoms with Crippen LogP contribution in [0.15, 0.2) is 24.3 Å². The first kappa shape index (κ1) is 14.9. The zero-order chi connectivity index (χ0) is 13.5. The minimum absolute atomic E-state index is 0.102. The number of benzene rings is 1. The average molecular weight is 265 g/mol. The minimum Gasteiger partial charge on any atom is -0.313 e. The Bertz CT molecular complexity index is 397. The normalized spacial score (nSPS) is 13.9. The molecular weight excluding hydrogens is 244 g/mol. The summed E-state index contributed by atoms with van der Waals surface area (Å²) in [6.45, 7) is 4.19. The molecule has 0 aliphatic carbocycles. The summed E-state index contributed by atoms with van der Waals surface area (Å²) in [6.07, 6.45) is 3.99. The van der Waals surface area contributed by atoms with E-state index in [1.54, 1.807) is 0 Å². The lowest BCUT2D eigenvalue weighted by Gasteiger charge is -2.20.